The van der Waals surface area contributed by atoms with Gasteiger partial charge in [-0.05, 0) is 35.8 Å². The van der Waals surface area contributed by atoms with Crippen LogP contribution in [0.15, 0.2) is 42.5 Å². The highest BCUT2D eigenvalue weighted by molar-refractivity contribution is 6.74. The molecule has 0 spiro atoms. The topological polar surface area (TPSA) is 55.8 Å². The fourth-order valence-electron chi connectivity index (χ4n) is 2.91. The van der Waals surface area contributed by atoms with Gasteiger partial charge in [0.05, 0.1) is 6.42 Å². The first-order valence-electron chi connectivity index (χ1n) is 10.5. The summed E-state index contributed by atoms with van der Waals surface area (Å²) in [4.78, 5) is 11.1. The predicted molar refractivity (Wildman–Crippen MR) is 120 cm³/mol. The molecule has 9 heteroatoms. The third-order valence-electron chi connectivity index (χ3n) is 5.95. The van der Waals surface area contributed by atoms with E-state index in [1.54, 1.807) is 30.3 Å². The molecule has 2 rings (SSSR count). The van der Waals surface area contributed by atoms with Crippen LogP contribution in [0.2, 0.25) is 18.1 Å². The minimum absolute atomic E-state index is 0.0559. The first-order valence-corrected chi connectivity index (χ1v) is 13.4. The normalized spacial score (nSPS) is 13.6. The molecule has 0 aromatic heterocycles. The molecule has 0 aliphatic rings. The van der Waals surface area contributed by atoms with Crippen LogP contribution in [0.5, 0.6) is 5.75 Å². The summed E-state index contributed by atoms with van der Waals surface area (Å²) in [5.41, 5.74) is 0.0398. The highest BCUT2D eigenvalue weighted by atomic mass is 28.4. The van der Waals surface area contributed by atoms with E-state index in [-0.39, 0.29) is 23.0 Å². The zero-order valence-electron chi connectivity index (χ0n) is 19.4. The monoisotopic (exact) mass is 486 g/mol. The Bertz CT molecular complexity index is 953. The summed E-state index contributed by atoms with van der Waals surface area (Å²) >= 11 is 0. The molecule has 2 aromatic carbocycles. The van der Waals surface area contributed by atoms with E-state index in [4.69, 9.17) is 14.3 Å². The summed E-state index contributed by atoms with van der Waals surface area (Å²) in [6.45, 7) is 8.68. The number of aliphatic carboxylic acids is 1. The van der Waals surface area contributed by atoms with Crippen LogP contribution in [0, 0.1) is 5.82 Å². The molecule has 182 valence electrons. The third kappa shape index (κ3) is 7.30. The number of ether oxygens (including phenoxy) is 1. The quantitative estimate of drug-likeness (QED) is 0.317. The number of alkyl halides is 3. The molecular weight excluding hydrogens is 456 g/mol. The van der Waals surface area contributed by atoms with Crippen molar-refractivity contribution in [2.24, 2.45) is 0 Å². The van der Waals surface area contributed by atoms with Gasteiger partial charge in [-0.1, -0.05) is 51.1 Å². The van der Waals surface area contributed by atoms with Gasteiger partial charge in [0.1, 0.15) is 24.1 Å². The van der Waals surface area contributed by atoms with Crippen LogP contribution in [0.25, 0.3) is 0 Å². The average Bonchev–Trinajstić information content (AvgIpc) is 2.67. The molecule has 0 heterocycles. The number of carbonyl (C=O) groups is 1. The molecule has 0 radical (unpaired) electrons. The lowest BCUT2D eigenvalue weighted by Gasteiger charge is -2.37. The van der Waals surface area contributed by atoms with Gasteiger partial charge in [-0.3, -0.25) is 4.79 Å². The van der Waals surface area contributed by atoms with Crippen LogP contribution in [-0.4, -0.2) is 32.2 Å². The first kappa shape index (κ1) is 26.9. The number of hydrogen-bond acceptors (Lipinski definition) is 3. The average molecular weight is 487 g/mol. The van der Waals surface area contributed by atoms with E-state index in [1.807, 2.05) is 33.9 Å². The largest absolute Gasteiger partial charge is 0.489 e. The lowest BCUT2D eigenvalue weighted by Crippen LogP contribution is -2.43. The van der Waals surface area contributed by atoms with E-state index >= 15 is 0 Å². The standard InChI is InChI=1S/C24H30F4O4Si/c1-23(2,3)33(4,5)32-15-19(24(26,27)28)18-13-20(25)17(12-22(29)30)11-21(18)31-14-16-9-7-6-8-10-16/h6-11,13,19H,12,14-15H2,1-5H3,(H,29,30). The lowest BCUT2D eigenvalue weighted by molar-refractivity contribution is -0.157. The number of hydrogen-bond donors (Lipinski definition) is 1. The molecule has 2 aromatic rings. The summed E-state index contributed by atoms with van der Waals surface area (Å²) in [5, 5.41) is 8.73. The van der Waals surface area contributed by atoms with Gasteiger partial charge in [0.15, 0.2) is 8.32 Å². The van der Waals surface area contributed by atoms with Crippen molar-refractivity contribution in [2.45, 2.75) is 64.0 Å². The third-order valence-corrected chi connectivity index (χ3v) is 10.4. The first-order chi connectivity index (χ1) is 15.1. The fraction of sp³-hybridized carbons (Fsp3) is 0.458. The Morgan fingerprint density at radius 2 is 1.70 bits per heavy atom. The second-order valence-electron chi connectivity index (χ2n) is 9.49. The van der Waals surface area contributed by atoms with Crippen LogP contribution >= 0.6 is 0 Å². The molecule has 1 N–H and O–H groups in total. The van der Waals surface area contributed by atoms with E-state index in [2.05, 4.69) is 0 Å². The van der Waals surface area contributed by atoms with E-state index in [0.29, 0.717) is 5.56 Å². The Balaban J connectivity index is 2.48. The summed E-state index contributed by atoms with van der Waals surface area (Å²) < 4.78 is 68.5. The predicted octanol–water partition coefficient (Wildman–Crippen LogP) is 6.70. The van der Waals surface area contributed by atoms with E-state index < -0.39 is 50.8 Å². The van der Waals surface area contributed by atoms with E-state index in [0.717, 1.165) is 12.1 Å². The maximum Gasteiger partial charge on any atom is 0.398 e. The zero-order valence-corrected chi connectivity index (χ0v) is 20.4. The minimum Gasteiger partial charge on any atom is -0.489 e. The van der Waals surface area contributed by atoms with Gasteiger partial charge in [-0.2, -0.15) is 13.2 Å². The van der Waals surface area contributed by atoms with Gasteiger partial charge in [0.25, 0.3) is 0 Å². The Labute approximate surface area is 192 Å². The van der Waals surface area contributed by atoms with Crippen LogP contribution in [0.3, 0.4) is 0 Å². The van der Waals surface area contributed by atoms with Gasteiger partial charge in [-0.15, -0.1) is 0 Å². The van der Waals surface area contributed by atoms with E-state index in [1.165, 1.54) is 0 Å². The Morgan fingerprint density at radius 3 is 2.21 bits per heavy atom. The number of halogens is 4. The van der Waals surface area contributed by atoms with Gasteiger partial charge in [0, 0.05) is 17.7 Å². The molecule has 0 saturated heterocycles. The molecule has 0 aliphatic heterocycles. The molecule has 0 amide bonds. The second-order valence-corrected chi connectivity index (χ2v) is 14.3. The smallest absolute Gasteiger partial charge is 0.398 e. The SMILES string of the molecule is CC(C)(C)[Si](C)(C)OCC(c1cc(F)c(CC(=O)O)cc1OCc1ccccc1)C(F)(F)F. The Kier molecular flexibility index (Phi) is 8.35. The minimum atomic E-state index is -4.73. The van der Waals surface area contributed by atoms with Crippen molar-refractivity contribution in [2.75, 3.05) is 6.61 Å². The van der Waals surface area contributed by atoms with Crippen LogP contribution in [-0.2, 0) is 22.2 Å². The van der Waals surface area contributed by atoms with Gasteiger partial charge in [-0.25, -0.2) is 4.39 Å². The van der Waals surface area contributed by atoms with Gasteiger partial charge in [0.2, 0.25) is 0 Å². The summed E-state index contributed by atoms with van der Waals surface area (Å²) in [6, 6.07) is 10.6. The van der Waals surface area contributed by atoms with E-state index in [9.17, 15) is 22.4 Å². The molecule has 0 saturated carbocycles. The van der Waals surface area contributed by atoms with Crippen LogP contribution in [0.1, 0.15) is 43.4 Å². The Hall–Kier alpha value is -2.39. The summed E-state index contributed by atoms with van der Waals surface area (Å²) in [5.74, 6) is -4.67. The van der Waals surface area contributed by atoms with Gasteiger partial charge < -0.3 is 14.3 Å². The van der Waals surface area contributed by atoms with Crippen molar-refractivity contribution in [3.63, 3.8) is 0 Å². The van der Waals surface area contributed by atoms with Crippen LogP contribution in [0.4, 0.5) is 17.6 Å². The molecule has 0 fully saturated rings. The number of rotatable bonds is 9. The lowest BCUT2D eigenvalue weighted by atomic mass is 9.95. The van der Waals surface area contributed by atoms with Crippen molar-refractivity contribution in [3.05, 3.63) is 65.0 Å². The molecule has 0 aliphatic carbocycles. The van der Waals surface area contributed by atoms with Crippen molar-refractivity contribution in [1.82, 2.24) is 0 Å². The van der Waals surface area contributed by atoms with Crippen molar-refractivity contribution < 1.29 is 36.6 Å². The summed E-state index contributed by atoms with van der Waals surface area (Å²) in [6.07, 6.45) is -5.40. The van der Waals surface area contributed by atoms with Crippen molar-refractivity contribution in [3.8, 4) is 5.75 Å². The molecule has 0 bridgehead atoms. The van der Waals surface area contributed by atoms with Crippen LogP contribution < -0.4 is 4.74 Å². The molecule has 4 nitrogen and oxygen atoms in total. The van der Waals surface area contributed by atoms with Crippen molar-refractivity contribution >= 4 is 14.3 Å². The second kappa shape index (κ2) is 10.3. The maximum absolute atomic E-state index is 14.6. The fourth-order valence-corrected chi connectivity index (χ4v) is 3.93. The van der Waals surface area contributed by atoms with Crippen molar-refractivity contribution in [1.29, 1.82) is 0 Å². The van der Waals surface area contributed by atoms with Gasteiger partial charge >= 0.3 is 12.1 Å². The molecule has 1 atom stereocenters. The summed E-state index contributed by atoms with van der Waals surface area (Å²) in [7, 11) is -2.53. The number of carboxylic acids is 1. The molecular formula is C24H30F4O4Si. The number of benzene rings is 2. The zero-order chi connectivity index (χ0) is 25.0. The highest BCUT2D eigenvalue weighted by Gasteiger charge is 2.46. The molecule has 1 unspecified atom stereocenters. The molecule has 33 heavy (non-hydrogen) atoms. The maximum atomic E-state index is 14.6. The number of carboxylic acid groups (broad SMARTS) is 1. The highest BCUT2D eigenvalue weighted by Crippen LogP contribution is 2.43. The Morgan fingerprint density at radius 1 is 1.09 bits per heavy atom.